The fourth-order valence-electron chi connectivity index (χ4n) is 5.76. The summed E-state index contributed by atoms with van der Waals surface area (Å²) in [5.74, 6) is 0.761. The van der Waals surface area contributed by atoms with Gasteiger partial charge in [0.2, 0.25) is 5.91 Å². The Kier molecular flexibility index (Phi) is 7.79. The monoisotopic (exact) mass is 477 g/mol. The van der Waals surface area contributed by atoms with Gasteiger partial charge in [-0.1, -0.05) is 42.5 Å². The Hall–Kier alpha value is -3.42. The van der Waals surface area contributed by atoms with Crippen LogP contribution in [0.25, 0.3) is 16.8 Å². The van der Waals surface area contributed by atoms with E-state index in [1.165, 1.54) is 41.2 Å². The summed E-state index contributed by atoms with van der Waals surface area (Å²) in [5, 5.41) is 14.8. The Morgan fingerprint density at radius 1 is 0.944 bits per heavy atom. The lowest BCUT2D eigenvalue weighted by Gasteiger charge is -2.30. The molecule has 0 bridgehead atoms. The van der Waals surface area contributed by atoms with E-state index in [1.54, 1.807) is 6.08 Å². The van der Waals surface area contributed by atoms with Crippen molar-refractivity contribution in [3.63, 3.8) is 0 Å². The highest BCUT2D eigenvalue weighted by molar-refractivity contribution is 5.93. The Morgan fingerprint density at radius 2 is 1.72 bits per heavy atom. The van der Waals surface area contributed by atoms with Gasteiger partial charge in [-0.3, -0.25) is 4.79 Å². The zero-order valence-electron chi connectivity index (χ0n) is 21.0. The van der Waals surface area contributed by atoms with Gasteiger partial charge in [-0.05, 0) is 109 Å². The van der Waals surface area contributed by atoms with Crippen LogP contribution in [0.2, 0.25) is 0 Å². The summed E-state index contributed by atoms with van der Waals surface area (Å²) in [6.45, 7) is 3.33. The molecule has 3 aromatic rings. The molecule has 4 nitrogen and oxygen atoms in total. The van der Waals surface area contributed by atoms with Crippen molar-refractivity contribution in [2.45, 2.75) is 51.0 Å². The summed E-state index contributed by atoms with van der Waals surface area (Å²) in [7, 11) is 0. The Labute approximate surface area is 214 Å². The summed E-state index contributed by atoms with van der Waals surface area (Å²) in [6.07, 6.45) is 11.5. The summed E-state index contributed by atoms with van der Waals surface area (Å²) in [4.78, 5) is 15.1. The van der Waals surface area contributed by atoms with E-state index in [0.29, 0.717) is 0 Å². The van der Waals surface area contributed by atoms with Crippen LogP contribution in [-0.2, 0) is 17.6 Å². The minimum absolute atomic E-state index is 0.00953. The highest BCUT2D eigenvalue weighted by Crippen LogP contribution is 2.28. The molecule has 0 unspecified atom stereocenters. The van der Waals surface area contributed by atoms with Crippen LogP contribution >= 0.6 is 0 Å². The first-order valence-corrected chi connectivity index (χ1v) is 13.4. The number of benzene rings is 3. The third kappa shape index (κ3) is 6.22. The largest absolute Gasteiger partial charge is 0.350 e. The number of carbonyl (C=O) groups is 1. The molecule has 1 N–H and O–H groups in total. The van der Waals surface area contributed by atoms with Gasteiger partial charge in [0.1, 0.15) is 0 Å². The Morgan fingerprint density at radius 3 is 2.53 bits per heavy atom. The van der Waals surface area contributed by atoms with E-state index >= 15 is 0 Å². The van der Waals surface area contributed by atoms with Crippen LogP contribution < -0.4 is 5.32 Å². The predicted molar refractivity (Wildman–Crippen MR) is 146 cm³/mol. The smallest absolute Gasteiger partial charge is 0.244 e. The lowest BCUT2D eigenvalue weighted by atomic mass is 9.84. The van der Waals surface area contributed by atoms with Crippen molar-refractivity contribution in [1.82, 2.24) is 10.2 Å². The first-order chi connectivity index (χ1) is 17.7. The quantitative estimate of drug-likeness (QED) is 0.450. The molecule has 1 aliphatic carbocycles. The van der Waals surface area contributed by atoms with Crippen molar-refractivity contribution in [2.24, 2.45) is 5.92 Å². The normalized spacial score (nSPS) is 20.5. The molecular weight excluding hydrogens is 442 g/mol. The summed E-state index contributed by atoms with van der Waals surface area (Å²) >= 11 is 0. The van der Waals surface area contributed by atoms with E-state index in [2.05, 4.69) is 58.8 Å². The number of hydrogen-bond acceptors (Lipinski definition) is 3. The van der Waals surface area contributed by atoms with Crippen LogP contribution in [0.5, 0.6) is 0 Å². The molecular formula is C32H35N3O. The van der Waals surface area contributed by atoms with E-state index in [-0.39, 0.29) is 11.9 Å². The van der Waals surface area contributed by atoms with Gasteiger partial charge in [0.25, 0.3) is 0 Å². The lowest BCUT2D eigenvalue weighted by Crippen LogP contribution is -2.37. The van der Waals surface area contributed by atoms with Gasteiger partial charge in [-0.25, -0.2) is 0 Å². The van der Waals surface area contributed by atoms with Gasteiger partial charge >= 0.3 is 0 Å². The van der Waals surface area contributed by atoms with Crippen molar-refractivity contribution < 1.29 is 4.79 Å². The Balaban J connectivity index is 1.03. The van der Waals surface area contributed by atoms with Crippen LogP contribution in [0.15, 0.2) is 66.7 Å². The van der Waals surface area contributed by atoms with Crippen molar-refractivity contribution >= 4 is 22.8 Å². The molecule has 3 aromatic carbocycles. The molecule has 184 valence electrons. The van der Waals surface area contributed by atoms with Crippen LogP contribution in [0.1, 0.15) is 54.4 Å². The molecule has 0 radical (unpaired) electrons. The molecule has 4 heteroatoms. The van der Waals surface area contributed by atoms with Gasteiger partial charge in [0, 0.05) is 25.2 Å². The van der Waals surface area contributed by atoms with E-state index in [1.807, 2.05) is 24.3 Å². The van der Waals surface area contributed by atoms with Crippen molar-refractivity contribution in [1.29, 1.82) is 5.26 Å². The van der Waals surface area contributed by atoms with Crippen molar-refractivity contribution in [3.05, 3.63) is 89.0 Å². The predicted octanol–water partition coefficient (Wildman–Crippen LogP) is 5.89. The van der Waals surface area contributed by atoms with Crippen molar-refractivity contribution in [3.8, 4) is 6.07 Å². The molecule has 5 rings (SSSR count). The third-order valence-electron chi connectivity index (χ3n) is 7.98. The number of nitrogens with zero attached hydrogens (tertiary/aromatic N) is 2. The first kappa shape index (κ1) is 24.3. The van der Waals surface area contributed by atoms with Gasteiger partial charge < -0.3 is 10.2 Å². The first-order valence-electron chi connectivity index (χ1n) is 13.4. The molecule has 0 saturated heterocycles. The summed E-state index contributed by atoms with van der Waals surface area (Å²) in [6, 6.07) is 23.3. The number of amides is 1. The topological polar surface area (TPSA) is 56.1 Å². The molecule has 1 saturated carbocycles. The van der Waals surface area contributed by atoms with Gasteiger partial charge in [-0.2, -0.15) is 5.26 Å². The standard InChI is InChI=1S/C32H35N3O/c33-23-26-6-11-28-16-19-35(20-17-30(28)22-26)18-15-24-7-12-31(13-8-24)34-32(36)14-9-25-5-10-27-3-1-2-4-29(27)21-25/h1-6,9-11,14,21-22,24,31H,7-8,12-13,15-20H2,(H,34,36)/b14-9+. The molecule has 1 heterocycles. The lowest BCUT2D eigenvalue weighted by molar-refractivity contribution is -0.117. The third-order valence-corrected chi connectivity index (χ3v) is 7.98. The second-order valence-electron chi connectivity index (χ2n) is 10.4. The molecule has 0 atom stereocenters. The summed E-state index contributed by atoms with van der Waals surface area (Å²) < 4.78 is 0. The zero-order chi connectivity index (χ0) is 24.7. The SMILES string of the molecule is N#Cc1ccc2c(c1)CCN(CCC1CCC(NC(=O)/C=C/c3ccc4ccccc4c3)CC1)CC2. The Bertz CT molecular complexity index is 1280. The summed E-state index contributed by atoms with van der Waals surface area (Å²) in [5.41, 5.74) is 4.58. The highest BCUT2D eigenvalue weighted by Gasteiger charge is 2.23. The van der Waals surface area contributed by atoms with E-state index < -0.39 is 0 Å². The van der Waals surface area contributed by atoms with Gasteiger partial charge in [0.15, 0.2) is 0 Å². The molecule has 1 amide bonds. The fourth-order valence-corrected chi connectivity index (χ4v) is 5.76. The molecule has 1 aliphatic heterocycles. The number of nitrogens with one attached hydrogen (secondary N) is 1. The molecule has 0 aromatic heterocycles. The average molecular weight is 478 g/mol. The zero-order valence-corrected chi connectivity index (χ0v) is 21.0. The van der Waals surface area contributed by atoms with Crippen LogP contribution in [0.4, 0.5) is 0 Å². The maximum Gasteiger partial charge on any atom is 0.244 e. The second-order valence-corrected chi connectivity index (χ2v) is 10.4. The number of rotatable bonds is 6. The highest BCUT2D eigenvalue weighted by atomic mass is 16.1. The minimum Gasteiger partial charge on any atom is -0.350 e. The maximum absolute atomic E-state index is 12.5. The number of fused-ring (bicyclic) bond motifs is 2. The van der Waals surface area contributed by atoms with Crippen molar-refractivity contribution in [2.75, 3.05) is 19.6 Å². The molecule has 2 aliphatic rings. The average Bonchev–Trinajstić information content (AvgIpc) is 3.13. The number of nitriles is 1. The van der Waals surface area contributed by atoms with Crippen LogP contribution in [0, 0.1) is 17.2 Å². The second kappa shape index (κ2) is 11.5. The van der Waals surface area contributed by atoms with Gasteiger partial charge in [0.05, 0.1) is 11.6 Å². The molecule has 36 heavy (non-hydrogen) atoms. The fraction of sp³-hybridized carbons (Fsp3) is 0.375. The van der Waals surface area contributed by atoms with E-state index in [4.69, 9.17) is 0 Å². The minimum atomic E-state index is 0.00953. The molecule has 0 spiro atoms. The maximum atomic E-state index is 12.5. The van der Waals surface area contributed by atoms with Crippen LogP contribution in [0.3, 0.4) is 0 Å². The van der Waals surface area contributed by atoms with E-state index in [9.17, 15) is 10.1 Å². The van der Waals surface area contributed by atoms with Gasteiger partial charge in [-0.15, -0.1) is 0 Å². The molecule has 1 fully saturated rings. The van der Waals surface area contributed by atoms with E-state index in [0.717, 1.165) is 62.4 Å². The number of hydrogen-bond donors (Lipinski definition) is 1. The number of carbonyl (C=O) groups excluding carboxylic acids is 1. The van der Waals surface area contributed by atoms with Crippen LogP contribution in [-0.4, -0.2) is 36.5 Å².